The van der Waals surface area contributed by atoms with Crippen LogP contribution in [0.15, 0.2) is 54.9 Å². The summed E-state index contributed by atoms with van der Waals surface area (Å²) in [6.07, 6.45) is 3.79. The molecule has 0 spiro atoms. The van der Waals surface area contributed by atoms with E-state index in [4.69, 9.17) is 14.2 Å². The molecule has 7 heteroatoms. The number of aryl methyl sites for hydroxylation is 1. The fourth-order valence-corrected chi connectivity index (χ4v) is 3.09. The third-order valence-corrected chi connectivity index (χ3v) is 4.65. The van der Waals surface area contributed by atoms with E-state index in [0.717, 1.165) is 16.9 Å². The molecule has 0 radical (unpaired) electrons. The fraction of sp³-hybridized carbons (Fsp3) is 0.273. The average Bonchev–Trinajstić information content (AvgIpc) is 3.17. The predicted molar refractivity (Wildman–Crippen MR) is 109 cm³/mol. The number of methoxy groups -OCH3 is 3. The maximum absolute atomic E-state index is 12.8. The summed E-state index contributed by atoms with van der Waals surface area (Å²) in [5.41, 5.74) is 1.71. The zero-order valence-electron chi connectivity index (χ0n) is 17.0. The van der Waals surface area contributed by atoms with E-state index >= 15 is 0 Å². The van der Waals surface area contributed by atoms with Gasteiger partial charge in [0, 0.05) is 25.5 Å². The second-order valence-corrected chi connectivity index (χ2v) is 6.57. The first-order valence-electron chi connectivity index (χ1n) is 9.16. The maximum atomic E-state index is 12.8. The molecule has 0 bridgehead atoms. The average molecular weight is 395 g/mol. The summed E-state index contributed by atoms with van der Waals surface area (Å²) in [5, 5.41) is 3.09. The van der Waals surface area contributed by atoms with Gasteiger partial charge in [0.15, 0.2) is 0 Å². The highest BCUT2D eigenvalue weighted by Crippen LogP contribution is 2.29. The van der Waals surface area contributed by atoms with E-state index in [9.17, 15) is 4.79 Å². The molecule has 0 aliphatic rings. The largest absolute Gasteiger partial charge is 0.497 e. The van der Waals surface area contributed by atoms with Crippen LogP contribution in [0.5, 0.6) is 17.2 Å². The van der Waals surface area contributed by atoms with E-state index in [-0.39, 0.29) is 12.3 Å². The van der Waals surface area contributed by atoms with Crippen molar-refractivity contribution in [3.8, 4) is 17.2 Å². The van der Waals surface area contributed by atoms with E-state index in [1.807, 2.05) is 54.2 Å². The molecule has 0 aliphatic heterocycles. The lowest BCUT2D eigenvalue weighted by molar-refractivity contribution is -0.121. The van der Waals surface area contributed by atoms with E-state index in [1.165, 1.54) is 0 Å². The standard InChI is InChI=1S/C22H25N3O4/c1-25-10-9-23-22(25)21(16-12-18(28-3)14-19(13-16)29-4)24-20(26)11-15-5-7-17(27-2)8-6-15/h5-10,12-14,21H,11H2,1-4H3,(H,24,26). The minimum Gasteiger partial charge on any atom is -0.497 e. The molecule has 1 aromatic heterocycles. The van der Waals surface area contributed by atoms with Crippen molar-refractivity contribution in [2.45, 2.75) is 12.5 Å². The molecule has 0 aliphatic carbocycles. The van der Waals surface area contributed by atoms with Crippen LogP contribution in [0.25, 0.3) is 0 Å². The fourth-order valence-electron chi connectivity index (χ4n) is 3.09. The Morgan fingerprint density at radius 2 is 1.62 bits per heavy atom. The van der Waals surface area contributed by atoms with Crippen LogP contribution in [-0.4, -0.2) is 36.8 Å². The lowest BCUT2D eigenvalue weighted by Crippen LogP contribution is -2.32. The van der Waals surface area contributed by atoms with Gasteiger partial charge in [-0.05, 0) is 35.4 Å². The first-order chi connectivity index (χ1) is 14.0. The molecular weight excluding hydrogens is 370 g/mol. The number of nitrogens with zero attached hydrogens (tertiary/aromatic N) is 2. The Morgan fingerprint density at radius 1 is 1.00 bits per heavy atom. The highest BCUT2D eigenvalue weighted by Gasteiger charge is 2.22. The highest BCUT2D eigenvalue weighted by atomic mass is 16.5. The molecule has 2 aromatic carbocycles. The molecule has 0 fully saturated rings. The van der Waals surface area contributed by atoms with Gasteiger partial charge >= 0.3 is 0 Å². The number of aromatic nitrogens is 2. The summed E-state index contributed by atoms with van der Waals surface area (Å²) in [6.45, 7) is 0. The van der Waals surface area contributed by atoms with Crippen molar-refractivity contribution in [3.05, 3.63) is 71.8 Å². The number of carbonyl (C=O) groups excluding carboxylic acids is 1. The molecule has 1 unspecified atom stereocenters. The number of amides is 1. The molecule has 152 valence electrons. The predicted octanol–water partition coefficient (Wildman–Crippen LogP) is 2.89. The van der Waals surface area contributed by atoms with Gasteiger partial charge < -0.3 is 24.1 Å². The lowest BCUT2D eigenvalue weighted by Gasteiger charge is -2.20. The van der Waals surface area contributed by atoms with E-state index in [2.05, 4.69) is 10.3 Å². The summed E-state index contributed by atoms with van der Waals surface area (Å²) < 4.78 is 17.8. The van der Waals surface area contributed by atoms with Crippen molar-refractivity contribution in [1.29, 1.82) is 0 Å². The lowest BCUT2D eigenvalue weighted by atomic mass is 10.0. The van der Waals surface area contributed by atoms with Gasteiger partial charge in [-0.2, -0.15) is 0 Å². The van der Waals surface area contributed by atoms with Crippen LogP contribution >= 0.6 is 0 Å². The quantitative estimate of drug-likeness (QED) is 0.635. The van der Waals surface area contributed by atoms with Gasteiger partial charge in [-0.25, -0.2) is 4.98 Å². The number of carbonyl (C=O) groups is 1. The second-order valence-electron chi connectivity index (χ2n) is 6.57. The summed E-state index contributed by atoms with van der Waals surface area (Å²) in [6, 6.07) is 12.5. The highest BCUT2D eigenvalue weighted by molar-refractivity contribution is 5.79. The number of nitrogens with one attached hydrogen (secondary N) is 1. The molecule has 1 amide bonds. The summed E-state index contributed by atoms with van der Waals surface area (Å²) in [5.74, 6) is 2.63. The van der Waals surface area contributed by atoms with E-state index in [1.54, 1.807) is 33.6 Å². The Bertz CT molecular complexity index is 944. The van der Waals surface area contributed by atoms with E-state index in [0.29, 0.717) is 17.3 Å². The second kappa shape index (κ2) is 9.14. The molecular formula is C22H25N3O4. The molecule has 7 nitrogen and oxygen atoms in total. The Balaban J connectivity index is 1.88. The molecule has 1 atom stereocenters. The SMILES string of the molecule is COc1ccc(CC(=O)NC(c2cc(OC)cc(OC)c2)c2nccn2C)cc1. The number of benzene rings is 2. The van der Waals surface area contributed by atoms with Crippen LogP contribution in [0.1, 0.15) is 23.0 Å². The van der Waals surface area contributed by atoms with Crippen molar-refractivity contribution in [1.82, 2.24) is 14.9 Å². The Labute approximate surface area is 170 Å². The number of hydrogen-bond donors (Lipinski definition) is 1. The van der Waals surface area contributed by atoms with Gasteiger partial charge in [0.25, 0.3) is 0 Å². The van der Waals surface area contributed by atoms with Gasteiger partial charge in [-0.15, -0.1) is 0 Å². The molecule has 3 aromatic rings. The Hall–Kier alpha value is -3.48. The zero-order chi connectivity index (χ0) is 20.8. The van der Waals surface area contributed by atoms with Crippen molar-refractivity contribution < 1.29 is 19.0 Å². The van der Waals surface area contributed by atoms with Crippen molar-refractivity contribution >= 4 is 5.91 Å². The maximum Gasteiger partial charge on any atom is 0.225 e. The number of imidazole rings is 1. The van der Waals surface area contributed by atoms with Gasteiger partial charge in [0.1, 0.15) is 29.1 Å². The summed E-state index contributed by atoms with van der Waals surface area (Å²) in [4.78, 5) is 17.3. The van der Waals surface area contributed by atoms with Crippen LogP contribution in [-0.2, 0) is 18.3 Å². The monoisotopic (exact) mass is 395 g/mol. The normalized spacial score (nSPS) is 11.6. The molecule has 3 rings (SSSR count). The van der Waals surface area contributed by atoms with Crippen LogP contribution in [0.3, 0.4) is 0 Å². The number of ether oxygens (including phenoxy) is 3. The van der Waals surface area contributed by atoms with Gasteiger partial charge in [-0.3, -0.25) is 4.79 Å². The molecule has 1 heterocycles. The molecule has 1 N–H and O–H groups in total. The minimum atomic E-state index is -0.454. The first-order valence-corrected chi connectivity index (χ1v) is 9.16. The minimum absolute atomic E-state index is 0.120. The first kappa shape index (κ1) is 20.3. The smallest absolute Gasteiger partial charge is 0.225 e. The number of rotatable bonds is 8. The van der Waals surface area contributed by atoms with Crippen LogP contribution in [0.4, 0.5) is 0 Å². The third kappa shape index (κ3) is 4.87. The van der Waals surface area contributed by atoms with Crippen LogP contribution < -0.4 is 19.5 Å². The molecule has 29 heavy (non-hydrogen) atoms. The van der Waals surface area contributed by atoms with Gasteiger partial charge in [-0.1, -0.05) is 12.1 Å². The molecule has 0 saturated carbocycles. The van der Waals surface area contributed by atoms with Crippen LogP contribution in [0, 0.1) is 0 Å². The van der Waals surface area contributed by atoms with Gasteiger partial charge in [0.05, 0.1) is 27.8 Å². The zero-order valence-corrected chi connectivity index (χ0v) is 17.0. The third-order valence-electron chi connectivity index (χ3n) is 4.65. The summed E-state index contributed by atoms with van der Waals surface area (Å²) in [7, 11) is 6.69. The topological polar surface area (TPSA) is 74.6 Å². The van der Waals surface area contributed by atoms with Crippen molar-refractivity contribution in [2.75, 3.05) is 21.3 Å². The molecule has 0 saturated heterocycles. The van der Waals surface area contributed by atoms with Crippen molar-refractivity contribution in [2.24, 2.45) is 7.05 Å². The van der Waals surface area contributed by atoms with E-state index < -0.39 is 6.04 Å². The van der Waals surface area contributed by atoms with Gasteiger partial charge in [0.2, 0.25) is 5.91 Å². The Kier molecular flexibility index (Phi) is 6.39. The number of hydrogen-bond acceptors (Lipinski definition) is 5. The Morgan fingerprint density at radius 3 is 2.14 bits per heavy atom. The van der Waals surface area contributed by atoms with Crippen LogP contribution in [0.2, 0.25) is 0 Å². The van der Waals surface area contributed by atoms with Crippen molar-refractivity contribution in [3.63, 3.8) is 0 Å². The summed E-state index contributed by atoms with van der Waals surface area (Å²) >= 11 is 0.